The van der Waals surface area contributed by atoms with Crippen LogP contribution >= 0.6 is 11.6 Å². The summed E-state index contributed by atoms with van der Waals surface area (Å²) in [6, 6.07) is 4.80. The van der Waals surface area contributed by atoms with Crippen molar-refractivity contribution in [1.82, 2.24) is 9.88 Å². The number of methoxy groups -OCH3 is 1. The van der Waals surface area contributed by atoms with Gasteiger partial charge in [-0.05, 0) is 39.0 Å². The van der Waals surface area contributed by atoms with Gasteiger partial charge in [-0.3, -0.25) is 9.69 Å². The molecule has 1 aromatic carbocycles. The van der Waals surface area contributed by atoms with Crippen molar-refractivity contribution >= 4 is 40.1 Å². The summed E-state index contributed by atoms with van der Waals surface area (Å²) in [5.74, 6) is -0.763. The number of benzene rings is 1. The average molecular weight is 394 g/mol. The van der Waals surface area contributed by atoms with E-state index in [1.165, 1.54) is 7.11 Å². The minimum Gasteiger partial charge on any atom is -0.464 e. The Morgan fingerprint density at radius 2 is 2.00 bits per heavy atom. The minimum atomic E-state index is -0.557. The number of aromatic nitrogens is 1. The number of hydrogen-bond donors (Lipinski definition) is 2. The molecule has 3 atom stereocenters. The number of nitrogens with one attached hydrogen (secondary N) is 2. The van der Waals surface area contributed by atoms with E-state index in [-0.39, 0.29) is 29.9 Å². The van der Waals surface area contributed by atoms with Crippen molar-refractivity contribution in [3.63, 3.8) is 0 Å². The molecule has 1 saturated heterocycles. The average Bonchev–Trinajstić information content (AvgIpc) is 2.97. The first-order chi connectivity index (χ1) is 12.8. The minimum absolute atomic E-state index is 0.0570. The number of H-pyrrole nitrogens is 1. The zero-order valence-corrected chi connectivity index (χ0v) is 16.6. The SMILES string of the molecule is COC(=O)c1[nH]c2ccc(Cl)cc2c1NC(=O)[C@H](C)N1C[C@H](C)O[C@@H](C)C1. The lowest BCUT2D eigenvalue weighted by Gasteiger charge is -2.38. The Balaban J connectivity index is 1.89. The predicted molar refractivity (Wildman–Crippen MR) is 104 cm³/mol. The second-order valence-electron chi connectivity index (χ2n) is 6.93. The van der Waals surface area contributed by atoms with Gasteiger partial charge in [-0.2, -0.15) is 0 Å². The molecule has 2 aromatic rings. The Bertz CT molecular complexity index is 856. The number of ether oxygens (including phenoxy) is 2. The molecule has 0 saturated carbocycles. The second kappa shape index (κ2) is 7.88. The number of hydrogen-bond acceptors (Lipinski definition) is 5. The lowest BCUT2D eigenvalue weighted by atomic mass is 10.1. The monoisotopic (exact) mass is 393 g/mol. The standard InChI is InChI=1S/C19H24ClN3O4/c1-10-8-23(9-11(2)27-10)12(3)18(24)22-16-14-7-13(20)5-6-15(14)21-17(16)19(25)26-4/h5-7,10-12,21H,8-9H2,1-4H3,(H,22,24)/t10-,11-,12-/m0/s1. The number of rotatable bonds is 4. The summed E-state index contributed by atoms with van der Waals surface area (Å²) in [4.78, 5) is 30.2. The zero-order valence-electron chi connectivity index (χ0n) is 15.8. The van der Waals surface area contributed by atoms with Crippen LogP contribution in [0.1, 0.15) is 31.3 Å². The van der Waals surface area contributed by atoms with E-state index in [0.717, 1.165) is 0 Å². The van der Waals surface area contributed by atoms with E-state index >= 15 is 0 Å². The van der Waals surface area contributed by atoms with Crippen LogP contribution in [0.2, 0.25) is 5.02 Å². The molecule has 27 heavy (non-hydrogen) atoms. The highest BCUT2D eigenvalue weighted by atomic mass is 35.5. The fraction of sp³-hybridized carbons (Fsp3) is 0.474. The first kappa shape index (κ1) is 19.7. The van der Waals surface area contributed by atoms with Crippen LogP contribution in [0.3, 0.4) is 0 Å². The molecular weight excluding hydrogens is 370 g/mol. The summed E-state index contributed by atoms with van der Waals surface area (Å²) < 4.78 is 10.6. The molecule has 1 aromatic heterocycles. The predicted octanol–water partition coefficient (Wildman–Crippen LogP) is 3.04. The molecule has 0 radical (unpaired) electrons. The number of fused-ring (bicyclic) bond motifs is 1. The molecule has 8 heteroatoms. The van der Waals surface area contributed by atoms with Crippen molar-refractivity contribution in [2.75, 3.05) is 25.5 Å². The summed E-state index contributed by atoms with van der Waals surface area (Å²) in [7, 11) is 1.30. The smallest absolute Gasteiger partial charge is 0.356 e. The number of halogens is 1. The van der Waals surface area contributed by atoms with Crippen molar-refractivity contribution in [2.24, 2.45) is 0 Å². The van der Waals surface area contributed by atoms with E-state index < -0.39 is 5.97 Å². The molecule has 2 heterocycles. The lowest BCUT2D eigenvalue weighted by Crippen LogP contribution is -2.52. The van der Waals surface area contributed by atoms with Crippen molar-refractivity contribution in [3.05, 3.63) is 28.9 Å². The number of morpholine rings is 1. The number of anilines is 1. The third-order valence-corrected chi connectivity index (χ3v) is 5.01. The van der Waals surface area contributed by atoms with Gasteiger partial charge in [0.25, 0.3) is 0 Å². The molecule has 0 unspecified atom stereocenters. The van der Waals surface area contributed by atoms with Gasteiger partial charge in [-0.1, -0.05) is 11.6 Å². The van der Waals surface area contributed by atoms with Crippen molar-refractivity contribution in [1.29, 1.82) is 0 Å². The number of carbonyl (C=O) groups excluding carboxylic acids is 2. The van der Waals surface area contributed by atoms with Crippen LogP contribution in [0.15, 0.2) is 18.2 Å². The number of esters is 1. The van der Waals surface area contributed by atoms with Crippen LogP contribution in [0.25, 0.3) is 10.9 Å². The van der Waals surface area contributed by atoms with Crippen molar-refractivity contribution in [2.45, 2.75) is 39.0 Å². The Morgan fingerprint density at radius 3 is 2.63 bits per heavy atom. The van der Waals surface area contributed by atoms with Gasteiger partial charge in [0.1, 0.15) is 5.69 Å². The topological polar surface area (TPSA) is 83.7 Å². The van der Waals surface area contributed by atoms with Crippen LogP contribution in [-0.4, -0.2) is 60.2 Å². The first-order valence-corrected chi connectivity index (χ1v) is 9.27. The van der Waals surface area contributed by atoms with Gasteiger partial charge in [0.2, 0.25) is 5.91 Å². The molecule has 3 rings (SSSR count). The summed E-state index contributed by atoms with van der Waals surface area (Å²) >= 11 is 6.10. The first-order valence-electron chi connectivity index (χ1n) is 8.90. The van der Waals surface area contributed by atoms with Gasteiger partial charge in [-0.25, -0.2) is 4.79 Å². The van der Waals surface area contributed by atoms with E-state index in [1.54, 1.807) is 18.2 Å². The molecule has 1 amide bonds. The third-order valence-electron chi connectivity index (χ3n) is 4.77. The van der Waals surface area contributed by atoms with Gasteiger partial charge in [0.05, 0.1) is 31.0 Å². The summed E-state index contributed by atoms with van der Waals surface area (Å²) in [5.41, 5.74) is 1.26. The summed E-state index contributed by atoms with van der Waals surface area (Å²) in [6.07, 6.45) is 0.114. The van der Waals surface area contributed by atoms with Crippen molar-refractivity contribution in [3.8, 4) is 0 Å². The normalized spacial score (nSPS) is 21.8. The van der Waals surface area contributed by atoms with Crippen LogP contribution in [0, 0.1) is 0 Å². The highest BCUT2D eigenvalue weighted by Crippen LogP contribution is 2.31. The number of amides is 1. The van der Waals surface area contributed by atoms with E-state index in [2.05, 4.69) is 15.2 Å². The molecule has 2 N–H and O–H groups in total. The second-order valence-corrected chi connectivity index (χ2v) is 7.37. The molecule has 146 valence electrons. The maximum absolute atomic E-state index is 12.9. The zero-order chi connectivity index (χ0) is 19.7. The van der Waals surface area contributed by atoms with Crippen molar-refractivity contribution < 1.29 is 19.1 Å². The highest BCUT2D eigenvalue weighted by Gasteiger charge is 2.30. The Labute approximate surface area is 162 Å². The van der Waals surface area contributed by atoms with E-state index in [4.69, 9.17) is 21.1 Å². The van der Waals surface area contributed by atoms with E-state index in [9.17, 15) is 9.59 Å². The molecule has 0 aliphatic carbocycles. The molecule has 7 nitrogen and oxygen atoms in total. The number of nitrogens with zero attached hydrogens (tertiary/aromatic N) is 1. The highest BCUT2D eigenvalue weighted by molar-refractivity contribution is 6.31. The molecular formula is C19H24ClN3O4. The molecule has 1 aliphatic rings. The molecule has 0 bridgehead atoms. The van der Waals surface area contributed by atoms with Crippen LogP contribution in [-0.2, 0) is 14.3 Å². The Hall–Kier alpha value is -2.09. The van der Waals surface area contributed by atoms with Crippen LogP contribution < -0.4 is 5.32 Å². The third kappa shape index (κ3) is 4.10. The Kier molecular flexibility index (Phi) is 5.74. The number of carbonyl (C=O) groups is 2. The number of aromatic amines is 1. The van der Waals surface area contributed by atoms with Gasteiger partial charge in [0.15, 0.2) is 0 Å². The van der Waals surface area contributed by atoms with Gasteiger partial charge < -0.3 is 19.8 Å². The van der Waals surface area contributed by atoms with E-state index in [1.807, 2.05) is 20.8 Å². The Morgan fingerprint density at radius 1 is 1.33 bits per heavy atom. The molecule has 0 spiro atoms. The summed E-state index contributed by atoms with van der Waals surface area (Å²) in [5, 5.41) is 4.06. The van der Waals surface area contributed by atoms with Crippen LogP contribution in [0.4, 0.5) is 5.69 Å². The van der Waals surface area contributed by atoms with Gasteiger partial charge >= 0.3 is 5.97 Å². The fourth-order valence-corrected chi connectivity index (χ4v) is 3.65. The maximum atomic E-state index is 12.9. The fourth-order valence-electron chi connectivity index (χ4n) is 3.48. The maximum Gasteiger partial charge on any atom is 0.356 e. The molecule has 1 aliphatic heterocycles. The van der Waals surface area contributed by atoms with Crippen LogP contribution in [0.5, 0.6) is 0 Å². The largest absolute Gasteiger partial charge is 0.464 e. The molecule has 1 fully saturated rings. The summed E-state index contributed by atoms with van der Waals surface area (Å²) in [6.45, 7) is 7.17. The quantitative estimate of drug-likeness (QED) is 0.780. The van der Waals surface area contributed by atoms with Gasteiger partial charge in [0, 0.05) is 29.0 Å². The van der Waals surface area contributed by atoms with E-state index in [0.29, 0.717) is 34.7 Å². The van der Waals surface area contributed by atoms with Gasteiger partial charge in [-0.15, -0.1) is 0 Å². The lowest BCUT2D eigenvalue weighted by molar-refractivity contribution is -0.126.